The van der Waals surface area contributed by atoms with Gasteiger partial charge in [-0.2, -0.15) is 15.0 Å². The van der Waals surface area contributed by atoms with Crippen molar-refractivity contribution in [1.29, 1.82) is 0 Å². The van der Waals surface area contributed by atoms with Gasteiger partial charge in [-0.15, -0.1) is 0 Å². The van der Waals surface area contributed by atoms with E-state index in [1.807, 2.05) is 25.9 Å². The molecule has 5 nitrogen and oxygen atoms in total. The first-order valence-corrected chi connectivity index (χ1v) is 6.45. The number of rotatable bonds is 4. The molecule has 0 amide bonds. The van der Waals surface area contributed by atoms with Gasteiger partial charge in [0.25, 0.3) is 0 Å². The Morgan fingerprint density at radius 2 is 1.95 bits per heavy atom. The van der Waals surface area contributed by atoms with Crippen LogP contribution in [-0.4, -0.2) is 35.6 Å². The molecule has 0 spiro atoms. The maximum atomic E-state index is 13.3. The summed E-state index contributed by atoms with van der Waals surface area (Å²) in [7, 11) is 3.73. The van der Waals surface area contributed by atoms with Gasteiger partial charge in [-0.05, 0) is 37.6 Å². The number of hydrogen-bond acceptors (Lipinski definition) is 5. The second-order valence-electron chi connectivity index (χ2n) is 4.67. The average Bonchev–Trinajstić information content (AvgIpc) is 2.42. The molecule has 0 aliphatic heterocycles. The Kier molecular flexibility index (Phi) is 4.12. The minimum atomic E-state index is -0.234. The van der Waals surface area contributed by atoms with Crippen molar-refractivity contribution in [2.24, 2.45) is 0 Å². The Balaban J connectivity index is 2.51. The largest absolute Gasteiger partial charge is 0.354 e. The van der Waals surface area contributed by atoms with E-state index in [1.165, 1.54) is 6.07 Å². The summed E-state index contributed by atoms with van der Waals surface area (Å²) in [5.41, 5.74) is 1.34. The summed E-state index contributed by atoms with van der Waals surface area (Å²) in [6.07, 6.45) is 0. The fourth-order valence-corrected chi connectivity index (χ4v) is 1.71. The molecule has 2 aromatic rings. The molecule has 1 aromatic carbocycles. The van der Waals surface area contributed by atoms with Crippen molar-refractivity contribution in [3.8, 4) is 11.4 Å². The summed E-state index contributed by atoms with van der Waals surface area (Å²) >= 11 is 0. The van der Waals surface area contributed by atoms with Crippen LogP contribution in [0.4, 0.5) is 16.3 Å². The highest BCUT2D eigenvalue weighted by Gasteiger charge is 2.10. The highest BCUT2D eigenvalue weighted by molar-refractivity contribution is 5.59. The monoisotopic (exact) mass is 275 g/mol. The quantitative estimate of drug-likeness (QED) is 0.929. The zero-order valence-corrected chi connectivity index (χ0v) is 12.1. The molecule has 1 heterocycles. The molecule has 0 fully saturated rings. The third-order valence-corrected chi connectivity index (χ3v) is 2.77. The minimum Gasteiger partial charge on any atom is -0.354 e. The van der Waals surface area contributed by atoms with Crippen LogP contribution in [0.15, 0.2) is 18.2 Å². The van der Waals surface area contributed by atoms with E-state index in [0.717, 1.165) is 12.1 Å². The lowest BCUT2D eigenvalue weighted by Gasteiger charge is -2.13. The predicted octanol–water partition coefficient (Wildman–Crippen LogP) is 2.48. The van der Waals surface area contributed by atoms with Gasteiger partial charge in [0.1, 0.15) is 5.82 Å². The highest BCUT2D eigenvalue weighted by Crippen LogP contribution is 2.21. The van der Waals surface area contributed by atoms with Gasteiger partial charge >= 0.3 is 0 Å². The summed E-state index contributed by atoms with van der Waals surface area (Å²) in [6.45, 7) is 4.41. The molecule has 0 unspecified atom stereocenters. The lowest BCUT2D eigenvalue weighted by molar-refractivity contribution is 0.618. The van der Waals surface area contributed by atoms with Gasteiger partial charge in [-0.3, -0.25) is 0 Å². The fourth-order valence-electron chi connectivity index (χ4n) is 1.71. The summed E-state index contributed by atoms with van der Waals surface area (Å²) in [5, 5.41) is 3.08. The molecule has 0 radical (unpaired) electrons. The highest BCUT2D eigenvalue weighted by atomic mass is 19.1. The van der Waals surface area contributed by atoms with E-state index >= 15 is 0 Å². The Morgan fingerprint density at radius 3 is 2.55 bits per heavy atom. The number of hydrogen-bond donors (Lipinski definition) is 1. The maximum absolute atomic E-state index is 13.3. The molecule has 2 rings (SSSR count). The van der Waals surface area contributed by atoms with E-state index in [-0.39, 0.29) is 5.82 Å². The van der Waals surface area contributed by atoms with Gasteiger partial charge in [0.2, 0.25) is 11.9 Å². The molecule has 0 saturated heterocycles. The number of anilines is 2. The molecular formula is C14H18FN5. The van der Waals surface area contributed by atoms with Crippen molar-refractivity contribution in [2.45, 2.75) is 13.8 Å². The second-order valence-corrected chi connectivity index (χ2v) is 4.67. The lowest BCUT2D eigenvalue weighted by Crippen LogP contribution is -2.15. The van der Waals surface area contributed by atoms with Crippen molar-refractivity contribution in [2.75, 3.05) is 30.9 Å². The minimum absolute atomic E-state index is 0.234. The standard InChI is InChI=1S/C14H18FN5/c1-5-16-13-17-12(18-14(19-13)20(3)4)10-6-7-11(15)9(2)8-10/h6-8H,5H2,1-4H3,(H,16,17,18,19). The summed E-state index contributed by atoms with van der Waals surface area (Å²) in [4.78, 5) is 14.9. The number of nitrogens with zero attached hydrogens (tertiary/aromatic N) is 4. The SMILES string of the molecule is CCNc1nc(-c2ccc(F)c(C)c2)nc(N(C)C)n1. The van der Waals surface area contributed by atoms with Crippen LogP contribution in [0.1, 0.15) is 12.5 Å². The van der Waals surface area contributed by atoms with E-state index < -0.39 is 0 Å². The van der Waals surface area contributed by atoms with Crippen molar-refractivity contribution in [3.63, 3.8) is 0 Å². The van der Waals surface area contributed by atoms with Crippen LogP contribution in [0.25, 0.3) is 11.4 Å². The molecule has 106 valence electrons. The van der Waals surface area contributed by atoms with Crippen LogP contribution >= 0.6 is 0 Å². The molecule has 0 saturated carbocycles. The van der Waals surface area contributed by atoms with Crippen LogP contribution in [0.3, 0.4) is 0 Å². The Labute approximate surface area is 117 Å². The van der Waals surface area contributed by atoms with Gasteiger partial charge in [-0.25, -0.2) is 4.39 Å². The summed E-state index contributed by atoms with van der Waals surface area (Å²) < 4.78 is 13.3. The van der Waals surface area contributed by atoms with Gasteiger partial charge in [0, 0.05) is 26.2 Å². The van der Waals surface area contributed by atoms with Crippen molar-refractivity contribution in [3.05, 3.63) is 29.6 Å². The Morgan fingerprint density at radius 1 is 1.20 bits per heavy atom. The molecule has 6 heteroatoms. The first-order valence-electron chi connectivity index (χ1n) is 6.45. The first kappa shape index (κ1) is 14.2. The van der Waals surface area contributed by atoms with Crippen LogP contribution < -0.4 is 10.2 Å². The Bertz CT molecular complexity index is 613. The summed E-state index contributed by atoms with van der Waals surface area (Å²) in [6, 6.07) is 4.84. The van der Waals surface area contributed by atoms with Gasteiger partial charge in [0.15, 0.2) is 5.82 Å². The predicted molar refractivity (Wildman–Crippen MR) is 78.4 cm³/mol. The third kappa shape index (κ3) is 3.01. The number of nitrogens with one attached hydrogen (secondary N) is 1. The summed E-state index contributed by atoms with van der Waals surface area (Å²) in [5.74, 6) is 1.38. The zero-order valence-electron chi connectivity index (χ0n) is 12.1. The molecule has 1 aromatic heterocycles. The van der Waals surface area contributed by atoms with E-state index in [4.69, 9.17) is 0 Å². The molecule has 0 bridgehead atoms. The molecule has 1 N–H and O–H groups in total. The average molecular weight is 275 g/mol. The smallest absolute Gasteiger partial charge is 0.230 e. The first-order chi connectivity index (χ1) is 9.51. The topological polar surface area (TPSA) is 53.9 Å². The molecule has 20 heavy (non-hydrogen) atoms. The third-order valence-electron chi connectivity index (χ3n) is 2.77. The molecule has 0 aliphatic carbocycles. The van der Waals surface area contributed by atoms with Crippen LogP contribution in [0.5, 0.6) is 0 Å². The normalized spacial score (nSPS) is 10.4. The Hall–Kier alpha value is -2.24. The zero-order chi connectivity index (χ0) is 14.7. The van der Waals surface area contributed by atoms with Gasteiger partial charge in [-0.1, -0.05) is 0 Å². The van der Waals surface area contributed by atoms with Crippen LogP contribution in [0, 0.1) is 12.7 Å². The molecular weight excluding hydrogens is 257 g/mol. The lowest BCUT2D eigenvalue weighted by atomic mass is 10.1. The fraction of sp³-hybridized carbons (Fsp3) is 0.357. The number of aromatic nitrogens is 3. The van der Waals surface area contributed by atoms with E-state index in [2.05, 4.69) is 20.3 Å². The van der Waals surface area contributed by atoms with E-state index in [1.54, 1.807) is 19.1 Å². The maximum Gasteiger partial charge on any atom is 0.230 e. The van der Waals surface area contributed by atoms with E-state index in [0.29, 0.717) is 23.3 Å². The van der Waals surface area contributed by atoms with Gasteiger partial charge < -0.3 is 10.2 Å². The number of benzene rings is 1. The van der Waals surface area contributed by atoms with Crippen molar-refractivity contribution >= 4 is 11.9 Å². The van der Waals surface area contributed by atoms with Crippen LogP contribution in [-0.2, 0) is 0 Å². The van der Waals surface area contributed by atoms with E-state index in [9.17, 15) is 4.39 Å². The van der Waals surface area contributed by atoms with Crippen molar-refractivity contribution in [1.82, 2.24) is 15.0 Å². The van der Waals surface area contributed by atoms with Crippen molar-refractivity contribution < 1.29 is 4.39 Å². The second kappa shape index (κ2) is 5.81. The number of halogens is 1. The molecule has 0 aliphatic rings. The number of aryl methyl sites for hydroxylation is 1. The van der Waals surface area contributed by atoms with Gasteiger partial charge in [0.05, 0.1) is 0 Å². The van der Waals surface area contributed by atoms with Crippen LogP contribution in [0.2, 0.25) is 0 Å². The molecule has 0 atom stereocenters.